The Morgan fingerprint density at radius 1 is 1.10 bits per heavy atom. The lowest BCUT2D eigenvalue weighted by Gasteiger charge is -2.19. The van der Waals surface area contributed by atoms with Gasteiger partial charge in [-0.2, -0.15) is 0 Å². The van der Waals surface area contributed by atoms with Crippen LogP contribution in [0.3, 0.4) is 0 Å². The van der Waals surface area contributed by atoms with Gasteiger partial charge in [0.15, 0.2) is 0 Å². The first kappa shape index (κ1) is 20.6. The van der Waals surface area contributed by atoms with Crippen LogP contribution in [0.1, 0.15) is 29.8 Å². The minimum Gasteiger partial charge on any atom is -0.339 e. The molecule has 0 aliphatic heterocycles. The fraction of sp³-hybridized carbons (Fsp3) is 0.174. The quantitative estimate of drug-likeness (QED) is 0.583. The van der Waals surface area contributed by atoms with Crippen LogP contribution in [-0.4, -0.2) is 34.8 Å². The number of nitrogens with zero attached hydrogens (tertiary/aromatic N) is 2. The number of para-hydroxylation sites is 1. The van der Waals surface area contributed by atoms with Crippen molar-refractivity contribution in [3.63, 3.8) is 0 Å². The van der Waals surface area contributed by atoms with Crippen LogP contribution in [0.25, 0.3) is 17.0 Å². The predicted molar refractivity (Wildman–Crippen MR) is 118 cm³/mol. The molecule has 2 aromatic carbocycles. The maximum atomic E-state index is 12.5. The van der Waals surface area contributed by atoms with Gasteiger partial charge < -0.3 is 10.2 Å². The molecule has 3 rings (SSSR count). The van der Waals surface area contributed by atoms with Crippen LogP contribution in [0.4, 0.5) is 5.69 Å². The van der Waals surface area contributed by atoms with E-state index in [2.05, 4.69) is 10.3 Å². The Balaban J connectivity index is 1.73. The van der Waals surface area contributed by atoms with E-state index < -0.39 is 0 Å². The lowest BCUT2D eigenvalue weighted by Crippen LogP contribution is -2.30. The van der Waals surface area contributed by atoms with Gasteiger partial charge in [-0.25, -0.2) is 0 Å². The van der Waals surface area contributed by atoms with E-state index in [4.69, 9.17) is 11.6 Å². The normalized spacial score (nSPS) is 11.0. The van der Waals surface area contributed by atoms with E-state index in [1.807, 2.05) is 44.2 Å². The van der Waals surface area contributed by atoms with E-state index in [0.717, 1.165) is 16.5 Å². The monoisotopic (exact) mass is 407 g/mol. The molecule has 1 heterocycles. The summed E-state index contributed by atoms with van der Waals surface area (Å²) in [5.74, 6) is -0.418. The molecule has 6 heteroatoms. The zero-order chi connectivity index (χ0) is 20.8. The Labute approximate surface area is 175 Å². The second-order valence-electron chi connectivity index (χ2n) is 6.42. The van der Waals surface area contributed by atoms with Gasteiger partial charge in [-0.05, 0) is 44.2 Å². The molecule has 0 aliphatic carbocycles. The Morgan fingerprint density at radius 3 is 2.59 bits per heavy atom. The fourth-order valence-corrected chi connectivity index (χ4v) is 3.32. The summed E-state index contributed by atoms with van der Waals surface area (Å²) in [6.45, 7) is 5.05. The number of hydrogen-bond donors (Lipinski definition) is 1. The molecule has 29 heavy (non-hydrogen) atoms. The molecule has 0 atom stereocenters. The maximum Gasteiger partial charge on any atom is 0.255 e. The van der Waals surface area contributed by atoms with E-state index in [1.165, 1.54) is 6.08 Å². The molecule has 0 saturated heterocycles. The topological polar surface area (TPSA) is 62.3 Å². The van der Waals surface area contributed by atoms with Gasteiger partial charge in [0, 0.05) is 42.0 Å². The fourth-order valence-electron chi connectivity index (χ4n) is 3.06. The number of pyridine rings is 1. The standard InChI is InChI=1S/C23H22ClN3O2/c1-3-27(4-2)23(29)19-12-11-18(15-20(19)24)26-21(28)13-10-17-8-5-7-16-9-6-14-25-22(16)17/h5-15H,3-4H2,1-2H3,(H,26,28)/b13-10+. The first-order valence-corrected chi connectivity index (χ1v) is 9.83. The van der Waals surface area contributed by atoms with E-state index in [1.54, 1.807) is 35.4 Å². The zero-order valence-electron chi connectivity index (χ0n) is 16.4. The van der Waals surface area contributed by atoms with Crippen molar-refractivity contribution in [2.75, 3.05) is 18.4 Å². The predicted octanol–water partition coefficient (Wildman–Crippen LogP) is 5.02. The number of fused-ring (bicyclic) bond motifs is 1. The van der Waals surface area contributed by atoms with Crippen molar-refractivity contribution in [3.8, 4) is 0 Å². The number of anilines is 1. The Bertz CT molecular complexity index is 1070. The number of hydrogen-bond acceptors (Lipinski definition) is 3. The van der Waals surface area contributed by atoms with E-state index >= 15 is 0 Å². The van der Waals surface area contributed by atoms with Gasteiger partial charge in [-0.1, -0.05) is 35.9 Å². The van der Waals surface area contributed by atoms with Gasteiger partial charge >= 0.3 is 0 Å². The molecule has 0 aliphatic rings. The third kappa shape index (κ3) is 4.81. The smallest absolute Gasteiger partial charge is 0.255 e. The van der Waals surface area contributed by atoms with Crippen LogP contribution < -0.4 is 5.32 Å². The molecule has 0 radical (unpaired) electrons. The van der Waals surface area contributed by atoms with Crippen LogP contribution in [0, 0.1) is 0 Å². The minimum absolute atomic E-state index is 0.124. The van der Waals surface area contributed by atoms with Gasteiger partial charge in [0.1, 0.15) is 0 Å². The molecule has 3 aromatic rings. The highest BCUT2D eigenvalue weighted by Gasteiger charge is 2.16. The number of rotatable bonds is 6. The van der Waals surface area contributed by atoms with E-state index in [-0.39, 0.29) is 11.8 Å². The Hall–Kier alpha value is -3.18. The molecule has 1 N–H and O–H groups in total. The highest BCUT2D eigenvalue weighted by Crippen LogP contribution is 2.23. The summed E-state index contributed by atoms with van der Waals surface area (Å²) in [5.41, 5.74) is 2.64. The number of halogens is 1. The minimum atomic E-state index is -0.295. The number of nitrogens with one attached hydrogen (secondary N) is 1. The van der Waals surface area contributed by atoms with Crippen LogP contribution in [0.2, 0.25) is 5.02 Å². The highest BCUT2D eigenvalue weighted by atomic mass is 35.5. The highest BCUT2D eigenvalue weighted by molar-refractivity contribution is 6.34. The molecule has 0 bridgehead atoms. The van der Waals surface area contributed by atoms with Gasteiger partial charge in [0.05, 0.1) is 16.1 Å². The summed E-state index contributed by atoms with van der Waals surface area (Å²) >= 11 is 6.28. The maximum absolute atomic E-state index is 12.5. The van der Waals surface area contributed by atoms with Crippen molar-refractivity contribution in [2.45, 2.75) is 13.8 Å². The Morgan fingerprint density at radius 2 is 1.86 bits per heavy atom. The molecule has 5 nitrogen and oxygen atoms in total. The van der Waals surface area contributed by atoms with Crippen molar-refractivity contribution in [3.05, 3.63) is 77.0 Å². The number of carbonyl (C=O) groups excluding carboxylic acids is 2. The summed E-state index contributed by atoms with van der Waals surface area (Å²) in [6, 6.07) is 14.6. The molecule has 2 amide bonds. The largest absolute Gasteiger partial charge is 0.339 e. The molecule has 1 aromatic heterocycles. The van der Waals surface area contributed by atoms with Crippen molar-refractivity contribution in [2.24, 2.45) is 0 Å². The van der Waals surface area contributed by atoms with Crippen molar-refractivity contribution in [1.29, 1.82) is 0 Å². The molecule has 0 saturated carbocycles. The third-order valence-electron chi connectivity index (χ3n) is 4.60. The van der Waals surface area contributed by atoms with Crippen LogP contribution in [-0.2, 0) is 4.79 Å². The summed E-state index contributed by atoms with van der Waals surface area (Å²) < 4.78 is 0. The summed E-state index contributed by atoms with van der Waals surface area (Å²) in [5, 5.41) is 4.09. The summed E-state index contributed by atoms with van der Waals surface area (Å²) in [4.78, 5) is 30.8. The number of benzene rings is 2. The molecule has 148 valence electrons. The average Bonchev–Trinajstić information content (AvgIpc) is 2.73. The van der Waals surface area contributed by atoms with E-state index in [9.17, 15) is 9.59 Å². The first-order chi connectivity index (χ1) is 14.0. The lowest BCUT2D eigenvalue weighted by molar-refractivity contribution is -0.111. The van der Waals surface area contributed by atoms with Gasteiger partial charge in [-0.3, -0.25) is 14.6 Å². The van der Waals surface area contributed by atoms with Gasteiger partial charge in [0.25, 0.3) is 5.91 Å². The molecule has 0 unspecified atom stereocenters. The van der Waals surface area contributed by atoms with Crippen LogP contribution in [0.5, 0.6) is 0 Å². The van der Waals surface area contributed by atoms with Crippen molar-refractivity contribution in [1.82, 2.24) is 9.88 Å². The number of amides is 2. The van der Waals surface area contributed by atoms with Gasteiger partial charge in [0.2, 0.25) is 5.91 Å². The van der Waals surface area contributed by atoms with Crippen LogP contribution >= 0.6 is 11.6 Å². The number of carbonyl (C=O) groups is 2. The molecular weight excluding hydrogens is 386 g/mol. The molecule has 0 fully saturated rings. The van der Waals surface area contributed by atoms with E-state index in [0.29, 0.717) is 29.4 Å². The Kier molecular flexibility index (Phi) is 6.62. The first-order valence-electron chi connectivity index (χ1n) is 9.45. The second-order valence-corrected chi connectivity index (χ2v) is 6.82. The van der Waals surface area contributed by atoms with Gasteiger partial charge in [-0.15, -0.1) is 0 Å². The van der Waals surface area contributed by atoms with Crippen LogP contribution in [0.15, 0.2) is 60.8 Å². The molecule has 0 spiro atoms. The molecular formula is C23H22ClN3O2. The third-order valence-corrected chi connectivity index (χ3v) is 4.91. The SMILES string of the molecule is CCN(CC)C(=O)c1ccc(NC(=O)/C=C/c2cccc3cccnc23)cc1Cl. The van der Waals surface area contributed by atoms with Crippen molar-refractivity contribution >= 4 is 46.1 Å². The summed E-state index contributed by atoms with van der Waals surface area (Å²) in [7, 11) is 0. The van der Waals surface area contributed by atoms with Crippen molar-refractivity contribution < 1.29 is 9.59 Å². The second kappa shape index (κ2) is 9.34. The lowest BCUT2D eigenvalue weighted by atomic mass is 10.1. The average molecular weight is 408 g/mol. The zero-order valence-corrected chi connectivity index (χ0v) is 17.1. The summed E-state index contributed by atoms with van der Waals surface area (Å²) in [6.07, 6.45) is 4.90. The number of aromatic nitrogens is 1.